The van der Waals surface area contributed by atoms with Gasteiger partial charge in [0.05, 0.1) is 5.56 Å². The molecule has 2 aromatic carbocycles. The van der Waals surface area contributed by atoms with Crippen LogP contribution in [0.15, 0.2) is 53.6 Å². The zero-order valence-electron chi connectivity index (χ0n) is 12.1. The zero-order valence-corrected chi connectivity index (χ0v) is 12.9. The van der Waals surface area contributed by atoms with Gasteiger partial charge in [0.2, 0.25) is 0 Å². The van der Waals surface area contributed by atoms with Crippen LogP contribution in [0.5, 0.6) is 0 Å². The molecular formula is C15H13ClF4N4. The van der Waals surface area contributed by atoms with E-state index < -0.39 is 17.6 Å². The second kappa shape index (κ2) is 7.78. The molecule has 0 aliphatic carbocycles. The lowest BCUT2D eigenvalue weighted by molar-refractivity contribution is -0.464. The molecule has 0 aromatic heterocycles. The summed E-state index contributed by atoms with van der Waals surface area (Å²) in [6.07, 6.45) is -4.43. The number of hydrogen-bond acceptors (Lipinski definition) is 1. The Morgan fingerprint density at radius 1 is 0.875 bits per heavy atom. The molecule has 0 saturated carbocycles. The SMILES string of the molecule is NC(N)=[NH+]/N=C(/c1ccc(F)cc1)c1ccc(C(F)(F)F)cc1.[Cl-]. The van der Waals surface area contributed by atoms with Gasteiger partial charge in [-0.1, -0.05) is 12.1 Å². The van der Waals surface area contributed by atoms with Crippen molar-refractivity contribution in [2.75, 3.05) is 0 Å². The van der Waals surface area contributed by atoms with Crippen LogP contribution in [0.3, 0.4) is 0 Å². The minimum Gasteiger partial charge on any atom is -1.00 e. The minimum atomic E-state index is -4.43. The van der Waals surface area contributed by atoms with E-state index >= 15 is 0 Å². The third-order valence-corrected chi connectivity index (χ3v) is 2.90. The smallest absolute Gasteiger partial charge is 0.416 e. The number of halogens is 5. The van der Waals surface area contributed by atoms with Crippen LogP contribution in [0.25, 0.3) is 0 Å². The van der Waals surface area contributed by atoms with Gasteiger partial charge in [0, 0.05) is 11.1 Å². The van der Waals surface area contributed by atoms with Crippen LogP contribution in [-0.2, 0) is 6.18 Å². The summed E-state index contributed by atoms with van der Waals surface area (Å²) in [6, 6.07) is 9.71. The Kier molecular flexibility index (Phi) is 6.30. The summed E-state index contributed by atoms with van der Waals surface area (Å²) in [5.74, 6) is -0.630. The van der Waals surface area contributed by atoms with E-state index in [0.29, 0.717) is 11.1 Å². The Bertz CT molecular complexity index is 734. The maximum Gasteiger partial charge on any atom is 0.416 e. The highest BCUT2D eigenvalue weighted by Crippen LogP contribution is 2.29. The van der Waals surface area contributed by atoms with Crippen molar-refractivity contribution in [2.24, 2.45) is 16.6 Å². The van der Waals surface area contributed by atoms with Crippen molar-refractivity contribution in [1.82, 2.24) is 0 Å². The Hall–Kier alpha value is -2.61. The molecule has 2 aromatic rings. The second-order valence-corrected chi connectivity index (χ2v) is 4.61. The van der Waals surface area contributed by atoms with E-state index in [1.807, 2.05) is 0 Å². The highest BCUT2D eigenvalue weighted by Gasteiger charge is 2.30. The summed E-state index contributed by atoms with van der Waals surface area (Å²) in [6.45, 7) is 0. The molecule has 0 amide bonds. The van der Waals surface area contributed by atoms with E-state index in [1.54, 1.807) is 0 Å². The molecule has 0 saturated heterocycles. The summed E-state index contributed by atoms with van der Waals surface area (Å²) in [4.78, 5) is 0. The van der Waals surface area contributed by atoms with Crippen molar-refractivity contribution < 1.29 is 35.1 Å². The maximum atomic E-state index is 13.0. The number of hydrogen-bond donors (Lipinski definition) is 3. The van der Waals surface area contributed by atoms with Crippen LogP contribution >= 0.6 is 0 Å². The molecule has 0 spiro atoms. The lowest BCUT2D eigenvalue weighted by Crippen LogP contribution is -3.00. The molecule has 0 unspecified atom stereocenters. The normalized spacial score (nSPS) is 11.6. The van der Waals surface area contributed by atoms with Gasteiger partial charge in [0.1, 0.15) is 11.5 Å². The molecule has 4 nitrogen and oxygen atoms in total. The first-order chi connectivity index (χ1) is 10.8. The number of alkyl halides is 3. The predicted molar refractivity (Wildman–Crippen MR) is 77.8 cm³/mol. The standard InChI is InChI=1S/C15H12F4N4.ClH/c16-12-7-3-10(4-8-12)13(22-23-14(20)21)9-1-5-11(6-2-9)15(17,18)19;/h1-8H,(H4,20,21,23);1H/b22-13+;. The van der Waals surface area contributed by atoms with Crippen molar-refractivity contribution >= 4 is 11.7 Å². The monoisotopic (exact) mass is 360 g/mol. The Morgan fingerprint density at radius 2 is 1.33 bits per heavy atom. The molecule has 0 atom stereocenters. The Labute approximate surface area is 141 Å². The number of benzene rings is 2. The van der Waals surface area contributed by atoms with Crippen LogP contribution in [0, 0.1) is 5.82 Å². The van der Waals surface area contributed by atoms with Crippen molar-refractivity contribution in [1.29, 1.82) is 0 Å². The maximum absolute atomic E-state index is 13.0. The van der Waals surface area contributed by atoms with E-state index in [1.165, 1.54) is 36.4 Å². The van der Waals surface area contributed by atoms with E-state index in [0.717, 1.165) is 12.1 Å². The van der Waals surface area contributed by atoms with Crippen molar-refractivity contribution in [2.45, 2.75) is 6.18 Å². The molecule has 0 bridgehead atoms. The van der Waals surface area contributed by atoms with Crippen molar-refractivity contribution in [3.63, 3.8) is 0 Å². The van der Waals surface area contributed by atoms with Gasteiger partial charge in [-0.25, -0.2) is 4.39 Å². The van der Waals surface area contributed by atoms with E-state index in [4.69, 9.17) is 11.5 Å². The number of nitrogens with one attached hydrogen (secondary N) is 1. The van der Waals surface area contributed by atoms with Gasteiger partial charge in [-0.15, -0.1) is 5.10 Å². The fourth-order valence-electron chi connectivity index (χ4n) is 1.84. The first kappa shape index (κ1) is 19.4. The van der Waals surface area contributed by atoms with Crippen LogP contribution < -0.4 is 29.0 Å². The third-order valence-electron chi connectivity index (χ3n) is 2.90. The van der Waals surface area contributed by atoms with E-state index in [-0.39, 0.29) is 24.1 Å². The number of nitrogens with zero attached hydrogens (tertiary/aromatic N) is 1. The highest BCUT2D eigenvalue weighted by molar-refractivity contribution is 6.12. The van der Waals surface area contributed by atoms with Gasteiger partial charge in [-0.3, -0.25) is 11.5 Å². The average molecular weight is 361 g/mol. The molecule has 2 rings (SSSR count). The first-order valence-electron chi connectivity index (χ1n) is 6.42. The van der Waals surface area contributed by atoms with Gasteiger partial charge >= 0.3 is 12.1 Å². The number of hydrazone groups is 1. The second-order valence-electron chi connectivity index (χ2n) is 4.61. The predicted octanol–water partition coefficient (Wildman–Crippen LogP) is -2.05. The van der Waals surface area contributed by atoms with Crippen LogP contribution in [0.2, 0.25) is 0 Å². The molecule has 128 valence electrons. The van der Waals surface area contributed by atoms with Crippen molar-refractivity contribution in [3.8, 4) is 0 Å². The van der Waals surface area contributed by atoms with Gasteiger partial charge in [-0.05, 0) is 36.4 Å². The Morgan fingerprint density at radius 3 is 1.75 bits per heavy atom. The van der Waals surface area contributed by atoms with Crippen LogP contribution in [0.4, 0.5) is 17.6 Å². The number of rotatable bonds is 3. The molecule has 0 aliphatic heterocycles. The van der Waals surface area contributed by atoms with Crippen LogP contribution in [-0.4, -0.2) is 11.7 Å². The van der Waals surface area contributed by atoms with Gasteiger partial charge in [0.25, 0.3) is 0 Å². The fourth-order valence-corrected chi connectivity index (χ4v) is 1.84. The van der Waals surface area contributed by atoms with Crippen molar-refractivity contribution in [3.05, 3.63) is 71.0 Å². The molecule has 0 fully saturated rings. The summed E-state index contributed by atoms with van der Waals surface area (Å²) < 4.78 is 50.9. The van der Waals surface area contributed by atoms with E-state index in [9.17, 15) is 17.6 Å². The average Bonchev–Trinajstić information content (AvgIpc) is 2.48. The molecule has 0 radical (unpaired) electrons. The minimum absolute atomic E-state index is 0. The van der Waals surface area contributed by atoms with Gasteiger partial charge in [-0.2, -0.15) is 18.3 Å². The largest absolute Gasteiger partial charge is 1.00 e. The first-order valence-corrected chi connectivity index (χ1v) is 6.42. The zero-order chi connectivity index (χ0) is 17.0. The third kappa shape index (κ3) is 4.95. The molecule has 0 heterocycles. The quantitative estimate of drug-likeness (QED) is 0.255. The van der Waals surface area contributed by atoms with Gasteiger partial charge in [0.15, 0.2) is 0 Å². The number of nitrogens with two attached hydrogens (primary N) is 2. The molecule has 24 heavy (non-hydrogen) atoms. The highest BCUT2D eigenvalue weighted by atomic mass is 35.5. The number of guanidine groups is 1. The Balaban J connectivity index is 0.00000288. The molecule has 5 N–H and O–H groups in total. The summed E-state index contributed by atoms with van der Waals surface area (Å²) in [5, 5.41) is 6.31. The lowest BCUT2D eigenvalue weighted by atomic mass is 10.0. The molecule has 9 heteroatoms. The van der Waals surface area contributed by atoms with Crippen LogP contribution in [0.1, 0.15) is 16.7 Å². The molecule has 0 aliphatic rings. The lowest BCUT2D eigenvalue weighted by Gasteiger charge is -2.09. The van der Waals surface area contributed by atoms with Gasteiger partial charge < -0.3 is 12.4 Å². The topological polar surface area (TPSA) is 78.4 Å². The molecular weight excluding hydrogens is 348 g/mol. The summed E-state index contributed by atoms with van der Waals surface area (Å²) >= 11 is 0. The summed E-state index contributed by atoms with van der Waals surface area (Å²) in [5.41, 5.74) is 10.9. The summed E-state index contributed by atoms with van der Waals surface area (Å²) in [7, 11) is 0. The van der Waals surface area contributed by atoms with E-state index in [2.05, 4.69) is 10.2 Å². The fraction of sp³-hybridized carbons (Fsp3) is 0.0667.